The molecule has 0 aliphatic carbocycles. The number of rotatable bonds is 28. The molecule has 26 nitrogen and oxygen atoms in total. The smallest absolute Gasteiger partial charge is 0.257 e. The largest absolute Gasteiger partial charge is 0.508 e. The summed E-state index contributed by atoms with van der Waals surface area (Å²) in [5.41, 5.74) is 17.9. The van der Waals surface area contributed by atoms with Crippen molar-refractivity contribution in [1.29, 1.82) is 0 Å². The molecule has 0 atom stereocenters. The Morgan fingerprint density at radius 3 is 0.986 bits per heavy atom. The number of methoxy groups -OCH3 is 12. The third-order valence-corrected chi connectivity index (χ3v) is 23.5. The zero-order valence-corrected chi connectivity index (χ0v) is 81.4. The van der Waals surface area contributed by atoms with Crippen LogP contribution >= 0.6 is 57.2 Å². The molecule has 0 spiro atoms. The quantitative estimate of drug-likeness (QED) is 0.0151. The van der Waals surface area contributed by atoms with Gasteiger partial charge in [-0.1, -0.05) is 204 Å². The lowest BCUT2D eigenvalue weighted by molar-refractivity contribution is -0.111. The highest BCUT2D eigenvalue weighted by Crippen LogP contribution is 2.46. The molecule has 710 valence electrons. The standard InChI is InChI=1S/C26H24N2O5S.C23H18N2O4S.C17H16N2O2S.C16H16O3.C9H9ClO3.C8H7ClO.C8H10O2/c1-30-19-12-10-17(14-21(19)32-3)23-24(16-8-6-5-7-9-16)34-26(27-23)28-25(29)18-11-13-20(31-2)22(15-18)33-4;1-13-7-8-16(12-18(13)27)22(29)25-23-24-20(15-9-10-17(26)19(28)11-15)21(30-23)14-5-3-2-4-6-14;1-20-13-9-8-12(10-14(13)21-2)15-16(22-17(18)19-15)11-6-4-3-5-7-11;1-18-15-9-8-13(11-16(15)19-2)14(17)10-12-6-4-3-5-7-12;1-12-7-4-3-6(9(10)11)5-8(7)13-2;9-8(10)6-7-4-2-1-3-5-7;1-9-7-5-3-4-6-8(7)10-2/h5-15H,1-4H3,(H,27,28,29);2-12,26-28H,1H3,(H,24,25,29);3-10H,1-2H3,(H2,18,19);3-9,11H,10H2,1-2H3;3-5H,1-2H3;1-5H,6H2;3-6H,1-2H3. The summed E-state index contributed by atoms with van der Waals surface area (Å²) in [6.07, 6.45) is 0.707. The molecule has 0 unspecified atom stereocenters. The maximum atomic E-state index is 13.0. The van der Waals surface area contributed by atoms with E-state index in [1.54, 1.807) is 138 Å². The third kappa shape index (κ3) is 29.1. The maximum Gasteiger partial charge on any atom is 0.257 e. The van der Waals surface area contributed by atoms with E-state index < -0.39 is 11.1 Å². The van der Waals surface area contributed by atoms with Gasteiger partial charge in [-0.15, -0.1) is 0 Å². The number of amides is 2. The van der Waals surface area contributed by atoms with Crippen LogP contribution in [0.1, 0.15) is 58.1 Å². The molecule has 138 heavy (non-hydrogen) atoms. The lowest BCUT2D eigenvalue weighted by Gasteiger charge is -2.09. The number of nitrogen functional groups attached to an aromatic ring is 1. The number of carbonyl (C=O) groups excluding carboxylic acids is 5. The molecule has 0 aliphatic rings. The Bertz CT molecular complexity index is 6710. The van der Waals surface area contributed by atoms with Crippen molar-refractivity contribution in [2.75, 3.05) is 102 Å². The molecule has 2 amide bonds. The molecule has 0 aliphatic heterocycles. The minimum atomic E-state index is -0.513. The Balaban J connectivity index is 0.000000173. The Hall–Kier alpha value is -15.9. The number of nitrogens with two attached hydrogens (primary N) is 1. The number of halogens is 2. The average molecular weight is 1960 g/mol. The van der Waals surface area contributed by atoms with Gasteiger partial charge in [-0.05, 0) is 197 Å². The predicted molar refractivity (Wildman–Crippen MR) is 546 cm³/mol. The molecule has 13 aromatic carbocycles. The summed E-state index contributed by atoms with van der Waals surface area (Å²) in [6, 6.07) is 91.8. The lowest BCUT2D eigenvalue weighted by Crippen LogP contribution is -2.12. The number of nitrogens with one attached hydrogen (secondary N) is 2. The summed E-state index contributed by atoms with van der Waals surface area (Å²) in [5.74, 6) is 6.37. The Labute approximate surface area is 821 Å². The van der Waals surface area contributed by atoms with E-state index >= 15 is 0 Å². The van der Waals surface area contributed by atoms with E-state index in [1.165, 1.54) is 79.6 Å². The molecule has 0 saturated carbocycles. The Morgan fingerprint density at radius 2 is 0.601 bits per heavy atom. The SMILES string of the molecule is COc1ccc(-c2nc(N)sc2-c2ccccc2)cc1OC.COc1ccc(C(=O)Cc2ccccc2)cc1OC.COc1ccc(C(=O)Cl)cc1OC.COc1ccc(C(=O)Nc2nc(-c3ccc(OC)c(OC)c3)c(-c3ccccc3)s2)cc1OC.COc1ccccc1OC.Cc1ccc(C(=O)Nc2nc(-c3ccc(O)c(O)c3)c(-c3ccccc3)s2)cc1O.O=C(Cl)Cc1ccccc1. The Kier molecular flexibility index (Phi) is 39.7. The second kappa shape index (κ2) is 52.7. The summed E-state index contributed by atoms with van der Waals surface area (Å²) >= 11 is 14.6. The molecule has 16 aromatic rings. The number of hydrogen-bond acceptors (Lipinski definition) is 27. The number of phenolic OH excluding ortho intramolecular Hbond substituents is 3. The van der Waals surface area contributed by atoms with Crippen molar-refractivity contribution in [3.63, 3.8) is 0 Å². The molecule has 0 fully saturated rings. The van der Waals surface area contributed by atoms with Crippen molar-refractivity contribution in [2.24, 2.45) is 0 Å². The third-order valence-electron chi connectivity index (χ3n) is 20.1. The van der Waals surface area contributed by atoms with Crippen molar-refractivity contribution in [1.82, 2.24) is 15.0 Å². The summed E-state index contributed by atoms with van der Waals surface area (Å²) in [7, 11) is 18.9. The first-order chi connectivity index (χ1) is 66.8. The first kappa shape index (κ1) is 104. The van der Waals surface area contributed by atoms with Crippen LogP contribution in [-0.4, -0.2) is 144 Å². The van der Waals surface area contributed by atoms with Crippen LogP contribution in [0.5, 0.6) is 86.2 Å². The minimum Gasteiger partial charge on any atom is -0.508 e. The summed E-state index contributed by atoms with van der Waals surface area (Å²) in [5, 5.41) is 35.7. The number of thiazole rings is 3. The average Bonchev–Trinajstić information content (AvgIpc) is 1.65. The highest BCUT2D eigenvalue weighted by Gasteiger charge is 2.24. The van der Waals surface area contributed by atoms with Gasteiger partial charge in [0.1, 0.15) is 5.75 Å². The van der Waals surface area contributed by atoms with Gasteiger partial charge in [0.05, 0.1) is 117 Å². The van der Waals surface area contributed by atoms with Gasteiger partial charge in [-0.3, -0.25) is 34.6 Å². The monoisotopic (exact) mass is 1950 g/mol. The zero-order valence-electron chi connectivity index (χ0n) is 77.5. The number of benzene rings is 13. The molecule has 0 radical (unpaired) electrons. The fourth-order valence-corrected chi connectivity index (χ4v) is 16.2. The van der Waals surface area contributed by atoms with Crippen molar-refractivity contribution in [3.05, 3.63) is 342 Å². The van der Waals surface area contributed by atoms with Crippen LogP contribution in [-0.2, 0) is 17.6 Å². The number of hydrogen-bond donors (Lipinski definition) is 6. The van der Waals surface area contributed by atoms with Gasteiger partial charge in [0, 0.05) is 51.8 Å². The number of ether oxygens (including phenoxy) is 12. The normalized spacial score (nSPS) is 10.2. The molecule has 3 aromatic heterocycles. The molecule has 31 heteroatoms. The number of aryl methyl sites for hydroxylation is 1. The van der Waals surface area contributed by atoms with E-state index in [0.29, 0.717) is 125 Å². The predicted octanol–water partition coefficient (Wildman–Crippen LogP) is 23.9. The van der Waals surface area contributed by atoms with Gasteiger partial charge in [-0.25, -0.2) is 15.0 Å². The van der Waals surface area contributed by atoms with Crippen LogP contribution in [0.2, 0.25) is 0 Å². The molecule has 0 saturated heterocycles. The van der Waals surface area contributed by atoms with Gasteiger partial charge < -0.3 is 77.9 Å². The first-order valence-corrected chi connectivity index (χ1v) is 45.2. The van der Waals surface area contributed by atoms with Crippen LogP contribution in [0.3, 0.4) is 0 Å². The van der Waals surface area contributed by atoms with E-state index in [9.17, 15) is 39.3 Å². The van der Waals surface area contributed by atoms with Crippen molar-refractivity contribution in [2.45, 2.75) is 19.8 Å². The van der Waals surface area contributed by atoms with Gasteiger partial charge in [0.15, 0.2) is 102 Å². The molecule has 0 bridgehead atoms. The number of aromatic nitrogens is 3. The first-order valence-electron chi connectivity index (χ1n) is 42.0. The van der Waals surface area contributed by atoms with Crippen molar-refractivity contribution in [3.8, 4) is 151 Å². The molecular formula is C107H100Cl2N6O20S3. The number of carbonyl (C=O) groups is 5. The van der Waals surface area contributed by atoms with E-state index in [2.05, 4.69) is 32.7 Å². The van der Waals surface area contributed by atoms with Gasteiger partial charge in [-0.2, -0.15) is 0 Å². The summed E-state index contributed by atoms with van der Waals surface area (Å²) in [6.45, 7) is 1.75. The van der Waals surface area contributed by atoms with E-state index in [0.717, 1.165) is 76.5 Å². The maximum absolute atomic E-state index is 13.0. The second-order valence-electron chi connectivity index (χ2n) is 28.9. The topological polar surface area (TPSA) is 346 Å². The number of phenols is 3. The zero-order chi connectivity index (χ0) is 99.2. The highest BCUT2D eigenvalue weighted by molar-refractivity contribution is 7.20. The number of aromatic hydroxyl groups is 3. The minimum absolute atomic E-state index is 0.0482. The molecule has 16 rings (SSSR count). The Morgan fingerprint density at radius 1 is 0.297 bits per heavy atom. The lowest BCUT2D eigenvalue weighted by atomic mass is 10.0. The van der Waals surface area contributed by atoms with Crippen LogP contribution in [0.25, 0.3) is 65.1 Å². The van der Waals surface area contributed by atoms with Gasteiger partial charge in [0.2, 0.25) is 5.24 Å². The fourth-order valence-electron chi connectivity index (χ4n) is 13.1. The van der Waals surface area contributed by atoms with Crippen molar-refractivity contribution >= 4 is 101 Å². The van der Waals surface area contributed by atoms with Crippen LogP contribution < -0.4 is 73.2 Å². The second-order valence-corrected chi connectivity index (χ2v) is 32.7. The van der Waals surface area contributed by atoms with E-state index in [4.69, 9.17) is 90.8 Å². The van der Waals surface area contributed by atoms with Crippen LogP contribution in [0.4, 0.5) is 15.4 Å². The fraction of sp³-hybridized carbons (Fsp3) is 0.140. The summed E-state index contributed by atoms with van der Waals surface area (Å²) in [4.78, 5) is 75.6. The molecule has 3 heterocycles. The van der Waals surface area contributed by atoms with Crippen molar-refractivity contribution < 1.29 is 96.1 Å². The number of ketones is 1. The molecule has 7 N–H and O–H groups in total. The molecular weight excluding hydrogens is 1860 g/mol. The van der Waals surface area contributed by atoms with Gasteiger partial charge in [0.25, 0.3) is 17.1 Å². The summed E-state index contributed by atoms with van der Waals surface area (Å²) < 4.78 is 62.4. The number of nitrogens with zero attached hydrogens (tertiary/aromatic N) is 3. The highest BCUT2D eigenvalue weighted by atomic mass is 35.5. The van der Waals surface area contributed by atoms with Gasteiger partial charge >= 0.3 is 0 Å². The number of para-hydroxylation sites is 2. The number of Topliss-reactive ketones (excluding diaryl/α,β-unsaturated/α-hetero) is 1. The van der Waals surface area contributed by atoms with E-state index in [-0.39, 0.29) is 34.2 Å². The van der Waals surface area contributed by atoms with Crippen LogP contribution in [0.15, 0.2) is 303 Å². The van der Waals surface area contributed by atoms with E-state index in [1.807, 2.05) is 200 Å². The van der Waals surface area contributed by atoms with Crippen LogP contribution in [0, 0.1) is 6.92 Å². The number of anilines is 3.